The predicted molar refractivity (Wildman–Crippen MR) is 83.7 cm³/mol. The molecule has 1 heterocycles. The summed E-state index contributed by atoms with van der Waals surface area (Å²) in [4.78, 5) is 1.41. The van der Waals surface area contributed by atoms with Crippen LogP contribution in [0, 0.1) is 0 Å². The Morgan fingerprint density at radius 2 is 2.22 bits per heavy atom. The standard InChI is InChI=1S/C12H9BrClNOS2/c13-9-3-4-18-11(9)6-16-7-1-2-8(12(15)17)10(14)5-7/h1-5H,6H2,(H2,15,17). The molecule has 0 bridgehead atoms. The molecule has 2 N–H and O–H groups in total. The molecule has 2 nitrogen and oxygen atoms in total. The van der Waals surface area contributed by atoms with Crippen molar-refractivity contribution in [1.29, 1.82) is 0 Å². The van der Waals surface area contributed by atoms with Gasteiger partial charge in [-0.1, -0.05) is 23.8 Å². The zero-order valence-electron chi connectivity index (χ0n) is 9.15. The Morgan fingerprint density at radius 3 is 2.78 bits per heavy atom. The molecule has 6 heteroatoms. The van der Waals surface area contributed by atoms with E-state index in [9.17, 15) is 0 Å². The summed E-state index contributed by atoms with van der Waals surface area (Å²) >= 11 is 16.0. The molecule has 0 amide bonds. The highest BCUT2D eigenvalue weighted by Crippen LogP contribution is 2.26. The fraction of sp³-hybridized carbons (Fsp3) is 0.0833. The molecule has 0 aliphatic rings. The maximum Gasteiger partial charge on any atom is 0.124 e. The Labute approximate surface area is 128 Å². The summed E-state index contributed by atoms with van der Waals surface area (Å²) in [6.45, 7) is 0.501. The van der Waals surface area contributed by atoms with Gasteiger partial charge in [0.05, 0.1) is 9.90 Å². The van der Waals surface area contributed by atoms with Crippen LogP contribution in [-0.4, -0.2) is 4.99 Å². The summed E-state index contributed by atoms with van der Waals surface area (Å²) in [6, 6.07) is 7.29. The summed E-state index contributed by atoms with van der Waals surface area (Å²) < 4.78 is 6.71. The number of hydrogen-bond acceptors (Lipinski definition) is 3. The summed E-state index contributed by atoms with van der Waals surface area (Å²) in [5, 5.41) is 2.51. The molecule has 18 heavy (non-hydrogen) atoms. The largest absolute Gasteiger partial charge is 0.488 e. The highest BCUT2D eigenvalue weighted by atomic mass is 79.9. The van der Waals surface area contributed by atoms with Gasteiger partial charge < -0.3 is 10.5 Å². The fourth-order valence-electron chi connectivity index (χ4n) is 1.36. The highest BCUT2D eigenvalue weighted by Gasteiger charge is 2.06. The minimum absolute atomic E-state index is 0.285. The molecular formula is C12H9BrClNOS2. The third kappa shape index (κ3) is 3.23. The minimum atomic E-state index is 0.285. The van der Waals surface area contributed by atoms with E-state index in [1.165, 1.54) is 0 Å². The normalized spacial score (nSPS) is 10.3. The van der Waals surface area contributed by atoms with Crippen molar-refractivity contribution in [1.82, 2.24) is 0 Å². The molecule has 94 valence electrons. The van der Waals surface area contributed by atoms with Crippen LogP contribution in [0.3, 0.4) is 0 Å². The molecule has 1 aromatic heterocycles. The summed E-state index contributed by atoms with van der Waals surface area (Å²) in [5.74, 6) is 0.695. The molecule has 0 atom stereocenters. The molecule has 1 aromatic carbocycles. The van der Waals surface area contributed by atoms with E-state index in [1.807, 2.05) is 17.5 Å². The van der Waals surface area contributed by atoms with Gasteiger partial charge in [-0.3, -0.25) is 0 Å². The molecule has 0 aliphatic carbocycles. The second-order valence-corrected chi connectivity index (χ2v) is 6.19. The van der Waals surface area contributed by atoms with Gasteiger partial charge in [-0.25, -0.2) is 0 Å². The summed E-state index contributed by atoms with van der Waals surface area (Å²) in [5.41, 5.74) is 6.20. The van der Waals surface area contributed by atoms with E-state index in [4.69, 9.17) is 34.3 Å². The zero-order valence-corrected chi connectivity index (χ0v) is 13.1. The molecule has 0 aliphatic heterocycles. The van der Waals surface area contributed by atoms with Crippen LogP contribution in [0.15, 0.2) is 34.1 Å². The van der Waals surface area contributed by atoms with E-state index >= 15 is 0 Å². The van der Waals surface area contributed by atoms with Crippen LogP contribution in [0.1, 0.15) is 10.4 Å². The van der Waals surface area contributed by atoms with Crippen LogP contribution in [0.25, 0.3) is 0 Å². The topological polar surface area (TPSA) is 35.2 Å². The van der Waals surface area contributed by atoms with Crippen LogP contribution in [0.2, 0.25) is 5.02 Å². The van der Waals surface area contributed by atoms with Crippen molar-refractivity contribution in [2.24, 2.45) is 5.73 Å². The van der Waals surface area contributed by atoms with Gasteiger partial charge in [-0.2, -0.15) is 0 Å². The van der Waals surface area contributed by atoms with Gasteiger partial charge in [0.15, 0.2) is 0 Å². The Morgan fingerprint density at radius 1 is 1.44 bits per heavy atom. The highest BCUT2D eigenvalue weighted by molar-refractivity contribution is 9.10. The van der Waals surface area contributed by atoms with Crippen molar-refractivity contribution in [3.05, 3.63) is 49.6 Å². The first-order chi connectivity index (χ1) is 8.58. The lowest BCUT2D eigenvalue weighted by atomic mass is 10.2. The second kappa shape index (κ2) is 6.02. The number of rotatable bonds is 4. The van der Waals surface area contributed by atoms with Gasteiger partial charge in [0, 0.05) is 10.0 Å². The van der Waals surface area contributed by atoms with Crippen LogP contribution < -0.4 is 10.5 Å². The lowest BCUT2D eigenvalue weighted by Gasteiger charge is -2.08. The molecular weight excluding hydrogens is 354 g/mol. The monoisotopic (exact) mass is 361 g/mol. The summed E-state index contributed by atoms with van der Waals surface area (Å²) in [7, 11) is 0. The predicted octanol–water partition coefficient (Wildman–Crippen LogP) is 4.38. The van der Waals surface area contributed by atoms with E-state index in [0.717, 1.165) is 9.35 Å². The van der Waals surface area contributed by atoms with Gasteiger partial charge in [0.25, 0.3) is 0 Å². The Kier molecular flexibility index (Phi) is 4.61. The van der Waals surface area contributed by atoms with Gasteiger partial charge in [0.2, 0.25) is 0 Å². The average Bonchev–Trinajstić information content (AvgIpc) is 2.72. The third-order valence-corrected chi connectivity index (χ3v) is 4.70. The van der Waals surface area contributed by atoms with E-state index in [1.54, 1.807) is 23.5 Å². The Bertz CT molecular complexity index is 585. The second-order valence-electron chi connectivity index (χ2n) is 3.49. The number of ether oxygens (including phenoxy) is 1. The first-order valence-corrected chi connectivity index (χ1v) is 7.48. The first kappa shape index (κ1) is 13.8. The van der Waals surface area contributed by atoms with Crippen molar-refractivity contribution in [3.63, 3.8) is 0 Å². The van der Waals surface area contributed by atoms with E-state index in [-0.39, 0.29) is 4.99 Å². The van der Waals surface area contributed by atoms with E-state index in [0.29, 0.717) is 22.9 Å². The number of hydrogen-bond donors (Lipinski definition) is 1. The van der Waals surface area contributed by atoms with Gasteiger partial charge in [-0.15, -0.1) is 11.3 Å². The van der Waals surface area contributed by atoms with Crippen molar-refractivity contribution in [3.8, 4) is 5.75 Å². The van der Waals surface area contributed by atoms with E-state index < -0.39 is 0 Å². The maximum atomic E-state index is 6.06. The molecule has 2 rings (SSSR count). The zero-order chi connectivity index (χ0) is 13.1. The van der Waals surface area contributed by atoms with Crippen LogP contribution >= 0.6 is 51.1 Å². The third-order valence-electron chi connectivity index (χ3n) is 2.27. The molecule has 2 aromatic rings. The van der Waals surface area contributed by atoms with Gasteiger partial charge in [-0.05, 0) is 45.6 Å². The lowest BCUT2D eigenvalue weighted by Crippen LogP contribution is -2.09. The lowest BCUT2D eigenvalue weighted by molar-refractivity contribution is 0.309. The Balaban J connectivity index is 2.09. The smallest absolute Gasteiger partial charge is 0.124 e. The number of benzene rings is 1. The maximum absolute atomic E-state index is 6.06. The van der Waals surface area contributed by atoms with Gasteiger partial charge >= 0.3 is 0 Å². The number of thiophene rings is 1. The molecule has 0 spiro atoms. The van der Waals surface area contributed by atoms with Gasteiger partial charge in [0.1, 0.15) is 17.3 Å². The van der Waals surface area contributed by atoms with Crippen molar-refractivity contribution >= 4 is 56.1 Å². The van der Waals surface area contributed by atoms with Crippen molar-refractivity contribution in [2.45, 2.75) is 6.61 Å². The van der Waals surface area contributed by atoms with Crippen molar-refractivity contribution < 1.29 is 4.74 Å². The Hall–Kier alpha value is -0.620. The SMILES string of the molecule is NC(=S)c1ccc(OCc2sccc2Br)cc1Cl. The molecule has 0 saturated heterocycles. The molecule has 0 fully saturated rings. The quantitative estimate of drug-likeness (QED) is 0.820. The average molecular weight is 363 g/mol. The van der Waals surface area contributed by atoms with Crippen LogP contribution in [0.4, 0.5) is 0 Å². The minimum Gasteiger partial charge on any atom is -0.488 e. The van der Waals surface area contributed by atoms with Crippen LogP contribution in [0.5, 0.6) is 5.75 Å². The van der Waals surface area contributed by atoms with Crippen LogP contribution in [-0.2, 0) is 6.61 Å². The number of thiocarbonyl (C=S) groups is 1. The first-order valence-electron chi connectivity index (χ1n) is 5.02. The van der Waals surface area contributed by atoms with Crippen molar-refractivity contribution in [2.75, 3.05) is 0 Å². The molecule has 0 saturated carbocycles. The summed E-state index contributed by atoms with van der Waals surface area (Å²) in [6.07, 6.45) is 0. The molecule has 0 unspecified atom stereocenters. The van der Waals surface area contributed by atoms with E-state index in [2.05, 4.69) is 15.9 Å². The fourth-order valence-corrected chi connectivity index (χ4v) is 3.25. The molecule has 0 radical (unpaired) electrons. The number of nitrogens with two attached hydrogens (primary N) is 1. The number of halogens is 2.